The Kier molecular flexibility index (Phi) is 8.98. The molecular formula is C21H33F2N3O. The van der Waals surface area contributed by atoms with E-state index in [1.165, 1.54) is 31.4 Å². The van der Waals surface area contributed by atoms with E-state index in [9.17, 15) is 13.6 Å². The number of piperidine rings is 1. The molecule has 0 radical (unpaired) electrons. The monoisotopic (exact) mass is 381 g/mol. The molecule has 4 nitrogen and oxygen atoms in total. The maximum absolute atomic E-state index is 13.3. The third-order valence-electron chi connectivity index (χ3n) is 5.18. The van der Waals surface area contributed by atoms with Crippen LogP contribution in [-0.2, 0) is 6.54 Å². The van der Waals surface area contributed by atoms with Gasteiger partial charge in [-0.3, -0.25) is 4.90 Å². The highest BCUT2D eigenvalue weighted by atomic mass is 19.2. The van der Waals surface area contributed by atoms with Crippen molar-refractivity contribution >= 4 is 6.03 Å². The summed E-state index contributed by atoms with van der Waals surface area (Å²) in [5.41, 5.74) is 0.773. The molecule has 2 N–H and O–H groups in total. The molecule has 0 saturated carbocycles. The number of halogens is 2. The van der Waals surface area contributed by atoms with Gasteiger partial charge in [0.2, 0.25) is 0 Å². The molecule has 1 aliphatic heterocycles. The second-order valence-electron chi connectivity index (χ2n) is 7.67. The van der Waals surface area contributed by atoms with E-state index in [0.29, 0.717) is 6.54 Å². The van der Waals surface area contributed by atoms with Gasteiger partial charge in [0.1, 0.15) is 0 Å². The normalized spacial score (nSPS) is 16.9. The van der Waals surface area contributed by atoms with Crippen LogP contribution < -0.4 is 10.6 Å². The molecule has 1 aromatic rings. The van der Waals surface area contributed by atoms with Crippen LogP contribution in [0.2, 0.25) is 0 Å². The maximum Gasteiger partial charge on any atom is 0.315 e. The molecule has 1 saturated heterocycles. The van der Waals surface area contributed by atoms with Gasteiger partial charge in [-0.05, 0) is 43.9 Å². The van der Waals surface area contributed by atoms with Crippen LogP contribution in [0.25, 0.3) is 0 Å². The molecule has 27 heavy (non-hydrogen) atoms. The SMILES string of the molecule is CCCCCCC(C)NC(=O)NC1CCN(Cc2ccc(F)c(F)c2)CC1. The zero-order valence-corrected chi connectivity index (χ0v) is 16.6. The van der Waals surface area contributed by atoms with Gasteiger partial charge in [-0.25, -0.2) is 13.6 Å². The van der Waals surface area contributed by atoms with Crippen molar-refractivity contribution in [2.75, 3.05) is 13.1 Å². The van der Waals surface area contributed by atoms with Crippen molar-refractivity contribution < 1.29 is 13.6 Å². The molecule has 0 spiro atoms. The Morgan fingerprint density at radius 3 is 2.59 bits per heavy atom. The van der Waals surface area contributed by atoms with Crippen LogP contribution in [0.15, 0.2) is 18.2 Å². The maximum atomic E-state index is 13.3. The summed E-state index contributed by atoms with van der Waals surface area (Å²) in [6.07, 6.45) is 7.58. The Labute approximate surface area is 161 Å². The number of nitrogens with one attached hydrogen (secondary N) is 2. The Morgan fingerprint density at radius 1 is 1.19 bits per heavy atom. The van der Waals surface area contributed by atoms with Crippen molar-refractivity contribution in [1.29, 1.82) is 0 Å². The Morgan fingerprint density at radius 2 is 1.93 bits per heavy atom. The lowest BCUT2D eigenvalue weighted by Gasteiger charge is -2.32. The van der Waals surface area contributed by atoms with Crippen molar-refractivity contribution in [3.8, 4) is 0 Å². The van der Waals surface area contributed by atoms with Crippen LogP contribution in [0.1, 0.15) is 64.4 Å². The highest BCUT2D eigenvalue weighted by molar-refractivity contribution is 5.74. The minimum Gasteiger partial charge on any atom is -0.336 e. The summed E-state index contributed by atoms with van der Waals surface area (Å²) in [6, 6.07) is 4.32. The zero-order valence-electron chi connectivity index (χ0n) is 16.6. The second-order valence-corrected chi connectivity index (χ2v) is 7.67. The smallest absolute Gasteiger partial charge is 0.315 e. The molecule has 2 amide bonds. The van der Waals surface area contributed by atoms with Crippen molar-refractivity contribution in [2.24, 2.45) is 0 Å². The first-order valence-electron chi connectivity index (χ1n) is 10.2. The van der Waals surface area contributed by atoms with Crippen LogP contribution in [-0.4, -0.2) is 36.1 Å². The minimum absolute atomic E-state index is 0.0861. The lowest BCUT2D eigenvalue weighted by molar-refractivity contribution is 0.185. The molecule has 2 rings (SSSR count). The van der Waals surface area contributed by atoms with Gasteiger partial charge in [-0.15, -0.1) is 0 Å². The fourth-order valence-corrected chi connectivity index (χ4v) is 3.53. The van der Waals surface area contributed by atoms with Gasteiger partial charge in [0, 0.05) is 31.7 Å². The van der Waals surface area contributed by atoms with Gasteiger partial charge in [0.05, 0.1) is 0 Å². The lowest BCUT2D eigenvalue weighted by Crippen LogP contribution is -2.49. The van der Waals surface area contributed by atoms with E-state index in [2.05, 4.69) is 29.4 Å². The van der Waals surface area contributed by atoms with Gasteiger partial charge in [0.25, 0.3) is 0 Å². The Hall–Kier alpha value is -1.69. The molecule has 0 aromatic heterocycles. The van der Waals surface area contributed by atoms with Crippen molar-refractivity contribution in [2.45, 2.75) is 77.4 Å². The van der Waals surface area contributed by atoms with E-state index >= 15 is 0 Å². The molecule has 1 aromatic carbocycles. The third-order valence-corrected chi connectivity index (χ3v) is 5.18. The molecule has 0 aliphatic carbocycles. The highest BCUT2D eigenvalue weighted by Gasteiger charge is 2.21. The minimum atomic E-state index is -0.813. The van der Waals surface area contributed by atoms with Gasteiger partial charge >= 0.3 is 6.03 Å². The fourth-order valence-electron chi connectivity index (χ4n) is 3.53. The number of carbonyl (C=O) groups excluding carboxylic acids is 1. The topological polar surface area (TPSA) is 44.4 Å². The molecule has 1 unspecified atom stereocenters. The predicted octanol–water partition coefficient (Wildman–Crippen LogP) is 4.59. The zero-order chi connectivity index (χ0) is 19.6. The number of rotatable bonds is 9. The lowest BCUT2D eigenvalue weighted by atomic mass is 10.0. The van der Waals surface area contributed by atoms with E-state index in [1.54, 1.807) is 6.07 Å². The Bertz CT molecular complexity index is 589. The van der Waals surface area contributed by atoms with Gasteiger partial charge in [-0.2, -0.15) is 0 Å². The molecule has 6 heteroatoms. The summed E-state index contributed by atoms with van der Waals surface area (Å²) in [7, 11) is 0. The molecule has 1 aliphatic rings. The molecule has 1 heterocycles. The van der Waals surface area contributed by atoms with Crippen molar-refractivity contribution in [1.82, 2.24) is 15.5 Å². The number of amides is 2. The molecule has 1 fully saturated rings. The van der Waals surface area contributed by atoms with Crippen molar-refractivity contribution in [3.63, 3.8) is 0 Å². The number of urea groups is 1. The van der Waals surface area contributed by atoms with E-state index in [1.807, 2.05) is 0 Å². The third kappa shape index (κ3) is 7.83. The number of benzene rings is 1. The number of hydrogen-bond donors (Lipinski definition) is 2. The molecule has 1 atom stereocenters. The number of unbranched alkanes of at least 4 members (excludes halogenated alkanes) is 3. The Balaban J connectivity index is 1.64. The average Bonchev–Trinajstić information content (AvgIpc) is 2.63. The first-order chi connectivity index (χ1) is 13.0. The summed E-state index contributed by atoms with van der Waals surface area (Å²) in [6.45, 7) is 6.51. The van der Waals surface area contributed by atoms with E-state index in [0.717, 1.165) is 44.3 Å². The van der Waals surface area contributed by atoms with Crippen LogP contribution in [0.4, 0.5) is 13.6 Å². The first kappa shape index (κ1) is 21.6. The predicted molar refractivity (Wildman–Crippen MR) is 105 cm³/mol. The van der Waals surface area contributed by atoms with E-state index in [4.69, 9.17) is 0 Å². The second kappa shape index (κ2) is 11.2. The molecule has 0 bridgehead atoms. The summed E-state index contributed by atoms with van der Waals surface area (Å²) < 4.78 is 26.3. The van der Waals surface area contributed by atoms with Crippen LogP contribution in [0.5, 0.6) is 0 Å². The number of carbonyl (C=O) groups is 1. The van der Waals surface area contributed by atoms with E-state index < -0.39 is 11.6 Å². The van der Waals surface area contributed by atoms with Gasteiger partial charge in [0.15, 0.2) is 11.6 Å². The fraction of sp³-hybridized carbons (Fsp3) is 0.667. The summed E-state index contributed by atoms with van der Waals surface area (Å²) in [4.78, 5) is 14.3. The molecule has 152 valence electrons. The summed E-state index contributed by atoms with van der Waals surface area (Å²) >= 11 is 0. The summed E-state index contributed by atoms with van der Waals surface area (Å²) in [5, 5.41) is 6.09. The van der Waals surface area contributed by atoms with Gasteiger partial charge < -0.3 is 10.6 Å². The average molecular weight is 382 g/mol. The summed E-state index contributed by atoms with van der Waals surface area (Å²) in [5.74, 6) is -1.61. The van der Waals surface area contributed by atoms with Gasteiger partial charge in [-0.1, -0.05) is 38.7 Å². The quantitative estimate of drug-likeness (QED) is 0.615. The number of nitrogens with zero attached hydrogens (tertiary/aromatic N) is 1. The van der Waals surface area contributed by atoms with Crippen LogP contribution >= 0.6 is 0 Å². The van der Waals surface area contributed by atoms with Crippen LogP contribution in [0.3, 0.4) is 0 Å². The standard InChI is InChI=1S/C21H33F2N3O/c1-3-4-5-6-7-16(2)24-21(27)25-18-10-12-26(13-11-18)15-17-8-9-19(22)20(23)14-17/h8-9,14,16,18H,3-7,10-13,15H2,1-2H3,(H2,24,25,27). The van der Waals surface area contributed by atoms with E-state index in [-0.39, 0.29) is 18.1 Å². The first-order valence-corrected chi connectivity index (χ1v) is 10.2. The number of likely N-dealkylation sites (tertiary alicyclic amines) is 1. The van der Waals surface area contributed by atoms with Crippen molar-refractivity contribution in [3.05, 3.63) is 35.4 Å². The largest absolute Gasteiger partial charge is 0.336 e. The molecular weight excluding hydrogens is 348 g/mol. The van der Waals surface area contributed by atoms with Crippen LogP contribution in [0, 0.1) is 11.6 Å². The number of hydrogen-bond acceptors (Lipinski definition) is 2. The highest BCUT2D eigenvalue weighted by Crippen LogP contribution is 2.16.